The summed E-state index contributed by atoms with van der Waals surface area (Å²) >= 11 is 0. The highest BCUT2D eigenvalue weighted by Crippen LogP contribution is 2.23. The van der Waals surface area contributed by atoms with Gasteiger partial charge in [-0.25, -0.2) is 4.79 Å². The molecule has 0 aliphatic rings. The molecule has 2 aromatic rings. The molecule has 2 amide bonds. The van der Waals surface area contributed by atoms with Gasteiger partial charge in [0.1, 0.15) is 11.5 Å². The summed E-state index contributed by atoms with van der Waals surface area (Å²) in [6.45, 7) is 4.83. The van der Waals surface area contributed by atoms with Crippen molar-refractivity contribution in [2.75, 3.05) is 18.5 Å². The number of nitrogens with one attached hydrogen (secondary N) is 2. The van der Waals surface area contributed by atoms with Crippen molar-refractivity contribution in [1.82, 2.24) is 5.32 Å². The minimum atomic E-state index is -0.629. The number of carbonyl (C=O) groups excluding carboxylic acids is 2. The van der Waals surface area contributed by atoms with E-state index in [0.29, 0.717) is 35.9 Å². The van der Waals surface area contributed by atoms with E-state index in [1.807, 2.05) is 19.9 Å². The molecule has 0 bridgehead atoms. The summed E-state index contributed by atoms with van der Waals surface area (Å²) in [5, 5.41) is 5.42. The predicted molar refractivity (Wildman–Crippen MR) is 96.3 cm³/mol. The minimum absolute atomic E-state index is 0.245. The minimum Gasteiger partial charge on any atom is -0.493 e. The van der Waals surface area contributed by atoms with E-state index in [1.165, 1.54) is 0 Å². The molecule has 0 aliphatic heterocycles. The average molecular weight is 342 g/mol. The maximum atomic E-state index is 12.3. The van der Waals surface area contributed by atoms with E-state index in [2.05, 4.69) is 10.6 Å². The molecule has 2 N–H and O–H groups in total. The Hall–Kier alpha value is -3.02. The second-order valence-corrected chi connectivity index (χ2v) is 5.23. The lowest BCUT2D eigenvalue weighted by Crippen LogP contribution is -2.25. The van der Waals surface area contributed by atoms with E-state index < -0.39 is 6.09 Å². The second kappa shape index (κ2) is 9.32. The Kier molecular flexibility index (Phi) is 6.83. The molecule has 0 radical (unpaired) electrons. The SMILES string of the molecule is CCCNC(=O)c1cc(NC(=O)Oc2ccccc2)ccc1OCC. The zero-order valence-corrected chi connectivity index (χ0v) is 14.4. The van der Waals surface area contributed by atoms with Gasteiger partial charge in [-0.3, -0.25) is 10.1 Å². The van der Waals surface area contributed by atoms with E-state index in [1.54, 1.807) is 42.5 Å². The number of benzene rings is 2. The number of hydrogen-bond donors (Lipinski definition) is 2. The quantitative estimate of drug-likeness (QED) is 0.801. The van der Waals surface area contributed by atoms with Gasteiger partial charge in [0.2, 0.25) is 0 Å². The summed E-state index contributed by atoms with van der Waals surface area (Å²) in [7, 11) is 0. The molecule has 6 heteroatoms. The van der Waals surface area contributed by atoms with E-state index in [-0.39, 0.29) is 5.91 Å². The fraction of sp³-hybridized carbons (Fsp3) is 0.263. The molecule has 2 rings (SSSR count). The largest absolute Gasteiger partial charge is 0.493 e. The van der Waals surface area contributed by atoms with Crippen LogP contribution in [0.15, 0.2) is 48.5 Å². The molecule has 0 unspecified atom stereocenters. The Bertz CT molecular complexity index is 717. The molecular formula is C19H22N2O4. The fourth-order valence-electron chi connectivity index (χ4n) is 2.14. The molecule has 6 nitrogen and oxygen atoms in total. The molecule has 2 aromatic carbocycles. The van der Waals surface area contributed by atoms with Crippen LogP contribution in [0.2, 0.25) is 0 Å². The first-order chi connectivity index (χ1) is 12.1. The predicted octanol–water partition coefficient (Wildman–Crippen LogP) is 3.84. The normalized spacial score (nSPS) is 10.0. The van der Waals surface area contributed by atoms with Gasteiger partial charge in [-0.2, -0.15) is 0 Å². The highest BCUT2D eigenvalue weighted by atomic mass is 16.6. The second-order valence-electron chi connectivity index (χ2n) is 5.23. The van der Waals surface area contributed by atoms with Crippen LogP contribution in [-0.2, 0) is 0 Å². The van der Waals surface area contributed by atoms with Gasteiger partial charge in [0.25, 0.3) is 5.91 Å². The number of ether oxygens (including phenoxy) is 2. The van der Waals surface area contributed by atoms with Crippen molar-refractivity contribution in [3.05, 3.63) is 54.1 Å². The van der Waals surface area contributed by atoms with Crippen LogP contribution >= 0.6 is 0 Å². The number of amides is 2. The van der Waals surface area contributed by atoms with Crippen LogP contribution < -0.4 is 20.1 Å². The first kappa shape index (κ1) is 18.3. The molecule has 0 heterocycles. The first-order valence-corrected chi connectivity index (χ1v) is 8.23. The van der Waals surface area contributed by atoms with Crippen molar-refractivity contribution < 1.29 is 19.1 Å². The number of hydrogen-bond acceptors (Lipinski definition) is 4. The summed E-state index contributed by atoms with van der Waals surface area (Å²) in [5.41, 5.74) is 0.818. The molecule has 0 saturated carbocycles. The van der Waals surface area contributed by atoms with Crippen LogP contribution in [-0.4, -0.2) is 25.2 Å². The summed E-state index contributed by atoms with van der Waals surface area (Å²) < 4.78 is 10.7. The van der Waals surface area contributed by atoms with Crippen molar-refractivity contribution in [3.63, 3.8) is 0 Å². The third-order valence-corrected chi connectivity index (χ3v) is 3.26. The van der Waals surface area contributed by atoms with Gasteiger partial charge in [-0.05, 0) is 43.7 Å². The van der Waals surface area contributed by atoms with Crippen molar-refractivity contribution >= 4 is 17.7 Å². The van der Waals surface area contributed by atoms with Gasteiger partial charge in [-0.15, -0.1) is 0 Å². The van der Waals surface area contributed by atoms with Gasteiger partial charge in [0.15, 0.2) is 0 Å². The van der Waals surface area contributed by atoms with Crippen LogP contribution in [0.3, 0.4) is 0 Å². The topological polar surface area (TPSA) is 76.7 Å². The molecule has 132 valence electrons. The van der Waals surface area contributed by atoms with Gasteiger partial charge >= 0.3 is 6.09 Å². The van der Waals surface area contributed by atoms with Gasteiger partial charge in [-0.1, -0.05) is 25.1 Å². The van der Waals surface area contributed by atoms with Gasteiger partial charge in [0, 0.05) is 12.2 Å². The Morgan fingerprint density at radius 2 is 1.80 bits per heavy atom. The number of para-hydroxylation sites is 1. The molecule has 0 aliphatic carbocycles. The van der Waals surface area contributed by atoms with E-state index in [0.717, 1.165) is 6.42 Å². The third kappa shape index (κ3) is 5.53. The molecule has 0 saturated heterocycles. The lowest BCUT2D eigenvalue weighted by molar-refractivity contribution is 0.0950. The van der Waals surface area contributed by atoms with Crippen LogP contribution in [0.4, 0.5) is 10.5 Å². The fourth-order valence-corrected chi connectivity index (χ4v) is 2.14. The molecule has 0 fully saturated rings. The van der Waals surface area contributed by atoms with Gasteiger partial charge in [0.05, 0.1) is 12.2 Å². The Morgan fingerprint density at radius 1 is 1.04 bits per heavy atom. The summed E-state index contributed by atoms with van der Waals surface area (Å²) in [6, 6.07) is 13.6. The third-order valence-electron chi connectivity index (χ3n) is 3.26. The highest BCUT2D eigenvalue weighted by molar-refractivity contribution is 5.99. The summed E-state index contributed by atoms with van der Waals surface area (Å²) in [5.74, 6) is 0.662. The lowest BCUT2D eigenvalue weighted by atomic mass is 10.1. The maximum absolute atomic E-state index is 12.3. The van der Waals surface area contributed by atoms with E-state index in [4.69, 9.17) is 9.47 Å². The van der Waals surface area contributed by atoms with Gasteiger partial charge < -0.3 is 14.8 Å². The molecular weight excluding hydrogens is 320 g/mol. The summed E-state index contributed by atoms with van der Waals surface area (Å²) in [4.78, 5) is 24.3. The van der Waals surface area contributed by atoms with Crippen LogP contribution in [0.1, 0.15) is 30.6 Å². The number of rotatable bonds is 7. The van der Waals surface area contributed by atoms with E-state index in [9.17, 15) is 9.59 Å². The zero-order chi connectivity index (χ0) is 18.1. The Morgan fingerprint density at radius 3 is 2.48 bits per heavy atom. The maximum Gasteiger partial charge on any atom is 0.417 e. The van der Waals surface area contributed by atoms with Crippen molar-refractivity contribution in [1.29, 1.82) is 0 Å². The van der Waals surface area contributed by atoms with Crippen molar-refractivity contribution in [2.45, 2.75) is 20.3 Å². The first-order valence-electron chi connectivity index (χ1n) is 8.23. The number of carbonyl (C=O) groups is 2. The smallest absolute Gasteiger partial charge is 0.417 e. The highest BCUT2D eigenvalue weighted by Gasteiger charge is 2.14. The molecule has 0 spiro atoms. The monoisotopic (exact) mass is 342 g/mol. The van der Waals surface area contributed by atoms with Crippen LogP contribution in [0.5, 0.6) is 11.5 Å². The summed E-state index contributed by atoms with van der Waals surface area (Å²) in [6.07, 6.45) is 0.201. The Labute approximate surface area is 147 Å². The van der Waals surface area contributed by atoms with Crippen molar-refractivity contribution in [3.8, 4) is 11.5 Å². The lowest BCUT2D eigenvalue weighted by Gasteiger charge is -2.13. The van der Waals surface area contributed by atoms with Crippen molar-refractivity contribution in [2.24, 2.45) is 0 Å². The van der Waals surface area contributed by atoms with Crippen LogP contribution in [0, 0.1) is 0 Å². The van der Waals surface area contributed by atoms with E-state index >= 15 is 0 Å². The zero-order valence-electron chi connectivity index (χ0n) is 14.4. The molecule has 25 heavy (non-hydrogen) atoms. The molecule has 0 atom stereocenters. The standard InChI is InChI=1S/C19H22N2O4/c1-3-12-20-18(22)16-13-14(10-11-17(16)24-4-2)21-19(23)25-15-8-6-5-7-9-15/h5-11,13H,3-4,12H2,1-2H3,(H,20,22)(H,21,23). The molecule has 0 aromatic heterocycles. The number of anilines is 1. The Balaban J connectivity index is 2.12. The van der Waals surface area contributed by atoms with Crippen LogP contribution in [0.25, 0.3) is 0 Å². The average Bonchev–Trinajstić information content (AvgIpc) is 2.62.